The Morgan fingerprint density at radius 3 is 2.84 bits per heavy atom. The highest BCUT2D eigenvalue weighted by Gasteiger charge is 2.04. The third-order valence-electron chi connectivity index (χ3n) is 3.30. The van der Waals surface area contributed by atoms with Crippen molar-refractivity contribution in [2.75, 3.05) is 20.1 Å². The van der Waals surface area contributed by atoms with E-state index in [2.05, 4.69) is 48.2 Å². The molecule has 0 aliphatic rings. The van der Waals surface area contributed by atoms with Crippen LogP contribution in [0.1, 0.15) is 44.5 Å². The van der Waals surface area contributed by atoms with Crippen molar-refractivity contribution in [3.8, 4) is 0 Å². The third-order valence-corrected chi connectivity index (χ3v) is 3.30. The zero-order chi connectivity index (χ0) is 14.1. The molecule has 0 radical (unpaired) electrons. The van der Waals surface area contributed by atoms with Gasteiger partial charge in [0.1, 0.15) is 0 Å². The summed E-state index contributed by atoms with van der Waals surface area (Å²) in [7, 11) is 2.17. The largest absolute Gasteiger partial charge is 0.314 e. The van der Waals surface area contributed by atoms with Gasteiger partial charge in [0, 0.05) is 18.3 Å². The van der Waals surface area contributed by atoms with Gasteiger partial charge in [0.25, 0.3) is 0 Å². The zero-order valence-electron chi connectivity index (χ0n) is 12.9. The van der Waals surface area contributed by atoms with Gasteiger partial charge in [0.05, 0.1) is 5.69 Å². The Hall–Kier alpha value is -0.930. The monoisotopic (exact) mass is 263 g/mol. The van der Waals surface area contributed by atoms with Gasteiger partial charge in [-0.15, -0.1) is 0 Å². The molecule has 3 nitrogen and oxygen atoms in total. The fourth-order valence-corrected chi connectivity index (χ4v) is 2.20. The first-order valence-corrected chi connectivity index (χ1v) is 7.46. The van der Waals surface area contributed by atoms with E-state index >= 15 is 0 Å². The Labute approximate surface area is 118 Å². The molecule has 0 spiro atoms. The minimum absolute atomic E-state index is 0.630. The third kappa shape index (κ3) is 7.28. The predicted molar refractivity (Wildman–Crippen MR) is 82.3 cm³/mol. The van der Waals surface area contributed by atoms with Gasteiger partial charge in [-0.1, -0.05) is 13.0 Å². The summed E-state index contributed by atoms with van der Waals surface area (Å²) in [6, 6.07) is 6.87. The summed E-state index contributed by atoms with van der Waals surface area (Å²) in [5.74, 6) is 0. The van der Waals surface area contributed by atoms with E-state index < -0.39 is 0 Å². The van der Waals surface area contributed by atoms with Crippen LogP contribution >= 0.6 is 0 Å². The van der Waals surface area contributed by atoms with Gasteiger partial charge in [-0.05, 0) is 65.4 Å². The maximum atomic E-state index is 4.54. The molecule has 1 N–H and O–H groups in total. The van der Waals surface area contributed by atoms with Gasteiger partial charge in [0.15, 0.2) is 0 Å². The molecule has 0 aliphatic heterocycles. The van der Waals surface area contributed by atoms with E-state index in [-0.39, 0.29) is 0 Å². The van der Waals surface area contributed by atoms with E-state index in [0.717, 1.165) is 25.3 Å². The van der Waals surface area contributed by atoms with Crippen LogP contribution in [0.4, 0.5) is 0 Å². The molecular weight excluding hydrogens is 234 g/mol. The maximum Gasteiger partial charge on any atom is 0.0547 e. The van der Waals surface area contributed by atoms with Crippen LogP contribution in [0.5, 0.6) is 0 Å². The highest BCUT2D eigenvalue weighted by atomic mass is 15.1. The molecule has 108 valence electrons. The summed E-state index contributed by atoms with van der Waals surface area (Å²) in [5, 5.41) is 3.53. The minimum atomic E-state index is 0.630. The van der Waals surface area contributed by atoms with Gasteiger partial charge in [-0.3, -0.25) is 4.98 Å². The Kier molecular flexibility index (Phi) is 7.68. The standard InChI is InChI=1S/C16H29N3/c1-5-11-17-14(2)9-7-12-19(4)13-16-10-6-8-15(3)18-16/h6,8,10,14,17H,5,7,9,11-13H2,1-4H3. The number of aromatic nitrogens is 1. The van der Waals surface area contributed by atoms with E-state index in [1.54, 1.807) is 0 Å². The molecule has 0 saturated carbocycles. The number of hydrogen-bond acceptors (Lipinski definition) is 3. The predicted octanol–water partition coefficient (Wildman–Crippen LogP) is 2.99. The molecule has 1 atom stereocenters. The second kappa shape index (κ2) is 9.05. The van der Waals surface area contributed by atoms with Crippen LogP contribution < -0.4 is 5.32 Å². The van der Waals surface area contributed by atoms with Crippen LogP contribution in [0.3, 0.4) is 0 Å². The lowest BCUT2D eigenvalue weighted by atomic mass is 10.1. The molecule has 0 fully saturated rings. The van der Waals surface area contributed by atoms with Crippen LogP contribution in [-0.4, -0.2) is 36.1 Å². The molecule has 0 aromatic carbocycles. The van der Waals surface area contributed by atoms with Crippen molar-refractivity contribution in [2.24, 2.45) is 0 Å². The summed E-state index contributed by atoms with van der Waals surface area (Å²) in [6.45, 7) is 9.74. The van der Waals surface area contributed by atoms with Gasteiger partial charge in [0.2, 0.25) is 0 Å². The molecule has 1 aromatic rings. The second-order valence-electron chi connectivity index (χ2n) is 5.51. The summed E-state index contributed by atoms with van der Waals surface area (Å²) in [5.41, 5.74) is 2.27. The SMILES string of the molecule is CCCNC(C)CCCN(C)Cc1cccc(C)n1. The molecule has 1 aromatic heterocycles. The zero-order valence-corrected chi connectivity index (χ0v) is 12.9. The smallest absolute Gasteiger partial charge is 0.0547 e. The van der Waals surface area contributed by atoms with Gasteiger partial charge in [-0.2, -0.15) is 0 Å². The van der Waals surface area contributed by atoms with Gasteiger partial charge >= 0.3 is 0 Å². The molecule has 1 rings (SSSR count). The number of pyridine rings is 1. The number of aryl methyl sites for hydroxylation is 1. The molecule has 3 heteroatoms. The van der Waals surface area contributed by atoms with Crippen LogP contribution in [-0.2, 0) is 6.54 Å². The number of hydrogen-bond donors (Lipinski definition) is 1. The molecule has 0 aliphatic carbocycles. The molecule has 0 bridgehead atoms. The first kappa shape index (κ1) is 16.1. The topological polar surface area (TPSA) is 28.2 Å². The van der Waals surface area contributed by atoms with Crippen molar-refractivity contribution in [1.82, 2.24) is 15.2 Å². The summed E-state index contributed by atoms with van der Waals surface area (Å²) >= 11 is 0. The molecule has 1 heterocycles. The Morgan fingerprint density at radius 1 is 1.37 bits per heavy atom. The quantitative estimate of drug-likeness (QED) is 0.742. The van der Waals surface area contributed by atoms with E-state index in [0.29, 0.717) is 6.04 Å². The van der Waals surface area contributed by atoms with Crippen molar-refractivity contribution in [3.63, 3.8) is 0 Å². The lowest BCUT2D eigenvalue weighted by Crippen LogP contribution is -2.28. The molecule has 1 unspecified atom stereocenters. The average Bonchev–Trinajstić information content (AvgIpc) is 2.36. The highest BCUT2D eigenvalue weighted by Crippen LogP contribution is 2.04. The van der Waals surface area contributed by atoms with Crippen molar-refractivity contribution in [3.05, 3.63) is 29.6 Å². The molecule has 19 heavy (non-hydrogen) atoms. The lowest BCUT2D eigenvalue weighted by molar-refractivity contribution is 0.307. The van der Waals surface area contributed by atoms with Crippen molar-refractivity contribution >= 4 is 0 Å². The van der Waals surface area contributed by atoms with E-state index in [4.69, 9.17) is 0 Å². The summed E-state index contributed by atoms with van der Waals surface area (Å²) in [4.78, 5) is 6.90. The van der Waals surface area contributed by atoms with E-state index in [9.17, 15) is 0 Å². The van der Waals surface area contributed by atoms with Crippen molar-refractivity contribution in [2.45, 2.75) is 52.6 Å². The molecule has 0 saturated heterocycles. The Bertz CT molecular complexity index is 352. The van der Waals surface area contributed by atoms with E-state index in [1.165, 1.54) is 25.0 Å². The summed E-state index contributed by atoms with van der Waals surface area (Å²) in [6.07, 6.45) is 3.69. The molecule has 0 amide bonds. The van der Waals surface area contributed by atoms with Gasteiger partial charge in [-0.25, -0.2) is 0 Å². The Morgan fingerprint density at radius 2 is 2.16 bits per heavy atom. The first-order valence-electron chi connectivity index (χ1n) is 7.46. The van der Waals surface area contributed by atoms with E-state index in [1.807, 2.05) is 13.0 Å². The number of nitrogens with one attached hydrogen (secondary N) is 1. The fourth-order valence-electron chi connectivity index (χ4n) is 2.20. The Balaban J connectivity index is 2.19. The maximum absolute atomic E-state index is 4.54. The highest BCUT2D eigenvalue weighted by molar-refractivity contribution is 5.09. The minimum Gasteiger partial charge on any atom is -0.314 e. The molecular formula is C16H29N3. The average molecular weight is 263 g/mol. The van der Waals surface area contributed by atoms with Crippen LogP contribution in [0, 0.1) is 6.92 Å². The van der Waals surface area contributed by atoms with Crippen LogP contribution in [0.2, 0.25) is 0 Å². The van der Waals surface area contributed by atoms with Crippen LogP contribution in [0.15, 0.2) is 18.2 Å². The van der Waals surface area contributed by atoms with Crippen molar-refractivity contribution in [1.29, 1.82) is 0 Å². The summed E-state index contributed by atoms with van der Waals surface area (Å²) < 4.78 is 0. The first-order chi connectivity index (χ1) is 9.11. The fraction of sp³-hybridized carbons (Fsp3) is 0.688. The lowest BCUT2D eigenvalue weighted by Gasteiger charge is -2.18. The van der Waals surface area contributed by atoms with Crippen LogP contribution in [0.25, 0.3) is 0 Å². The number of nitrogens with zero attached hydrogens (tertiary/aromatic N) is 2. The van der Waals surface area contributed by atoms with Gasteiger partial charge < -0.3 is 10.2 Å². The normalized spacial score (nSPS) is 12.9. The second-order valence-corrected chi connectivity index (χ2v) is 5.51. The number of rotatable bonds is 9. The van der Waals surface area contributed by atoms with Crippen molar-refractivity contribution < 1.29 is 0 Å².